The number of nitrogens with zero attached hydrogens (tertiary/aromatic N) is 1. The molecule has 0 saturated heterocycles. The van der Waals surface area contributed by atoms with Crippen LogP contribution in [0.5, 0.6) is 0 Å². The van der Waals surface area contributed by atoms with Crippen molar-refractivity contribution < 1.29 is 9.90 Å². The highest BCUT2D eigenvalue weighted by molar-refractivity contribution is 6.03. The first-order valence-electron chi connectivity index (χ1n) is 7.48. The number of aromatic nitrogens is 1. The molecule has 1 heterocycles. The topological polar surface area (TPSA) is 50.2 Å². The molecule has 3 rings (SSSR count). The summed E-state index contributed by atoms with van der Waals surface area (Å²) < 4.78 is 0. The van der Waals surface area contributed by atoms with Gasteiger partial charge in [0.1, 0.15) is 0 Å². The zero-order valence-electron chi connectivity index (χ0n) is 12.6. The van der Waals surface area contributed by atoms with Crippen LogP contribution in [-0.2, 0) is 12.0 Å². The summed E-state index contributed by atoms with van der Waals surface area (Å²) in [5.41, 5.74) is 0.0779. The van der Waals surface area contributed by atoms with Crippen LogP contribution in [0.1, 0.15) is 21.6 Å². The number of hydrogen-bond donors (Lipinski definition) is 1. The van der Waals surface area contributed by atoms with Crippen LogP contribution >= 0.6 is 0 Å². The first kappa shape index (κ1) is 15.1. The molecule has 0 radical (unpaired) electrons. The fourth-order valence-electron chi connectivity index (χ4n) is 2.62. The Morgan fingerprint density at radius 1 is 0.870 bits per heavy atom. The van der Waals surface area contributed by atoms with Gasteiger partial charge >= 0.3 is 0 Å². The number of Topliss-reactive ketones (excluding diaryl/α,β-unsaturated/α-hetero) is 1. The molecule has 1 atom stereocenters. The van der Waals surface area contributed by atoms with Crippen LogP contribution in [0.15, 0.2) is 85.1 Å². The molecule has 0 aliphatic carbocycles. The summed E-state index contributed by atoms with van der Waals surface area (Å²) in [6, 6.07) is 23.4. The summed E-state index contributed by atoms with van der Waals surface area (Å²) in [4.78, 5) is 17.2. The van der Waals surface area contributed by atoms with Gasteiger partial charge in [-0.25, -0.2) is 0 Å². The first-order chi connectivity index (χ1) is 11.2. The minimum absolute atomic E-state index is 0.131. The van der Waals surface area contributed by atoms with Gasteiger partial charge < -0.3 is 5.11 Å². The van der Waals surface area contributed by atoms with Gasteiger partial charge in [0.05, 0.1) is 0 Å². The van der Waals surface area contributed by atoms with E-state index in [1.165, 1.54) is 0 Å². The standard InChI is InChI=1S/C20H17NO2/c22-19(16-9-3-1-4-10-16)20(23,17-11-5-2-6-12-17)15-18-13-7-8-14-21-18/h1-14,23H,15H2/t20-/m0/s1. The molecule has 2 aromatic carbocycles. The summed E-state index contributed by atoms with van der Waals surface area (Å²) in [5.74, 6) is -0.324. The Morgan fingerprint density at radius 2 is 1.48 bits per heavy atom. The third kappa shape index (κ3) is 3.20. The minimum Gasteiger partial charge on any atom is -0.376 e. The Bertz CT molecular complexity index is 773. The third-order valence-corrected chi connectivity index (χ3v) is 3.83. The van der Waals surface area contributed by atoms with Crippen molar-refractivity contribution in [3.63, 3.8) is 0 Å². The average Bonchev–Trinajstić information content (AvgIpc) is 2.63. The van der Waals surface area contributed by atoms with Gasteiger partial charge in [-0.1, -0.05) is 66.7 Å². The Hall–Kier alpha value is -2.78. The quantitative estimate of drug-likeness (QED) is 0.735. The lowest BCUT2D eigenvalue weighted by Crippen LogP contribution is -2.38. The number of rotatable bonds is 5. The molecule has 0 unspecified atom stereocenters. The van der Waals surface area contributed by atoms with Gasteiger partial charge in [0.25, 0.3) is 0 Å². The normalized spacial score (nSPS) is 13.3. The maximum Gasteiger partial charge on any atom is 0.199 e. The predicted molar refractivity (Wildman–Crippen MR) is 89.1 cm³/mol. The fraction of sp³-hybridized carbons (Fsp3) is 0.100. The van der Waals surface area contributed by atoms with E-state index >= 15 is 0 Å². The number of hydrogen-bond acceptors (Lipinski definition) is 3. The van der Waals surface area contributed by atoms with E-state index in [-0.39, 0.29) is 12.2 Å². The SMILES string of the molecule is O=C(c1ccccc1)[C@](O)(Cc1ccccn1)c1ccccc1. The molecule has 3 aromatic rings. The lowest BCUT2D eigenvalue weighted by Gasteiger charge is -2.27. The summed E-state index contributed by atoms with van der Waals surface area (Å²) in [7, 11) is 0. The van der Waals surface area contributed by atoms with Crippen LogP contribution in [-0.4, -0.2) is 15.9 Å². The van der Waals surface area contributed by atoms with Crippen molar-refractivity contribution in [1.29, 1.82) is 0 Å². The molecule has 0 bridgehead atoms. The molecule has 1 N–H and O–H groups in total. The van der Waals surface area contributed by atoms with Gasteiger partial charge in [-0.3, -0.25) is 9.78 Å². The molecular formula is C20H17NO2. The van der Waals surface area contributed by atoms with Crippen molar-refractivity contribution in [3.8, 4) is 0 Å². The van der Waals surface area contributed by atoms with Crippen LogP contribution in [0.25, 0.3) is 0 Å². The van der Waals surface area contributed by atoms with Crippen LogP contribution in [0, 0.1) is 0 Å². The molecule has 0 saturated carbocycles. The van der Waals surface area contributed by atoms with E-state index < -0.39 is 5.60 Å². The maximum atomic E-state index is 13.0. The molecule has 0 aliphatic rings. The average molecular weight is 303 g/mol. The Morgan fingerprint density at radius 3 is 2.09 bits per heavy atom. The van der Waals surface area contributed by atoms with Crippen LogP contribution in [0.2, 0.25) is 0 Å². The number of pyridine rings is 1. The van der Waals surface area contributed by atoms with Crippen molar-refractivity contribution in [3.05, 3.63) is 102 Å². The largest absolute Gasteiger partial charge is 0.376 e. The summed E-state index contributed by atoms with van der Waals surface area (Å²) in [6.45, 7) is 0. The predicted octanol–water partition coefficient (Wildman–Crippen LogP) is 3.39. The van der Waals surface area contributed by atoms with E-state index in [1.54, 1.807) is 42.6 Å². The number of ketones is 1. The van der Waals surface area contributed by atoms with Crippen LogP contribution < -0.4 is 0 Å². The van der Waals surface area contributed by atoms with E-state index in [1.807, 2.05) is 42.5 Å². The van der Waals surface area contributed by atoms with E-state index in [0.717, 1.165) is 0 Å². The smallest absolute Gasteiger partial charge is 0.199 e. The number of aliphatic hydroxyl groups is 1. The second-order valence-corrected chi connectivity index (χ2v) is 5.42. The molecule has 0 amide bonds. The summed E-state index contributed by atoms with van der Waals surface area (Å²) in [6.07, 6.45) is 1.79. The lowest BCUT2D eigenvalue weighted by atomic mass is 9.82. The second kappa shape index (κ2) is 6.55. The summed E-state index contributed by atoms with van der Waals surface area (Å²) >= 11 is 0. The molecule has 0 spiro atoms. The van der Waals surface area contributed by atoms with Crippen molar-refractivity contribution in [2.75, 3.05) is 0 Å². The van der Waals surface area contributed by atoms with Crippen molar-refractivity contribution >= 4 is 5.78 Å². The molecule has 114 valence electrons. The molecule has 1 aromatic heterocycles. The highest BCUT2D eigenvalue weighted by Gasteiger charge is 2.38. The minimum atomic E-state index is -1.64. The van der Waals surface area contributed by atoms with Gasteiger partial charge in [-0.15, -0.1) is 0 Å². The Labute approximate surface area is 135 Å². The lowest BCUT2D eigenvalue weighted by molar-refractivity contribution is 0.0294. The monoisotopic (exact) mass is 303 g/mol. The molecule has 23 heavy (non-hydrogen) atoms. The highest BCUT2D eigenvalue weighted by atomic mass is 16.3. The Kier molecular flexibility index (Phi) is 4.31. The number of carbonyl (C=O) groups is 1. The van der Waals surface area contributed by atoms with Gasteiger partial charge in [-0.2, -0.15) is 0 Å². The molecule has 0 fully saturated rings. The van der Waals surface area contributed by atoms with Gasteiger partial charge in [0, 0.05) is 23.9 Å². The molecule has 3 nitrogen and oxygen atoms in total. The van der Waals surface area contributed by atoms with Crippen LogP contribution in [0.3, 0.4) is 0 Å². The van der Waals surface area contributed by atoms with Gasteiger partial charge in [-0.05, 0) is 17.7 Å². The van der Waals surface area contributed by atoms with Gasteiger partial charge in [0.15, 0.2) is 11.4 Å². The van der Waals surface area contributed by atoms with E-state index in [9.17, 15) is 9.90 Å². The van der Waals surface area contributed by atoms with Crippen molar-refractivity contribution in [2.45, 2.75) is 12.0 Å². The number of benzene rings is 2. The third-order valence-electron chi connectivity index (χ3n) is 3.83. The number of carbonyl (C=O) groups excluding carboxylic acids is 1. The maximum absolute atomic E-state index is 13.0. The molecular weight excluding hydrogens is 286 g/mol. The van der Waals surface area contributed by atoms with E-state index in [2.05, 4.69) is 4.98 Å². The van der Waals surface area contributed by atoms with Crippen molar-refractivity contribution in [2.24, 2.45) is 0 Å². The zero-order valence-corrected chi connectivity index (χ0v) is 12.6. The second-order valence-electron chi connectivity index (χ2n) is 5.42. The first-order valence-corrected chi connectivity index (χ1v) is 7.48. The highest BCUT2D eigenvalue weighted by Crippen LogP contribution is 2.29. The van der Waals surface area contributed by atoms with Gasteiger partial charge in [0.2, 0.25) is 0 Å². The van der Waals surface area contributed by atoms with Crippen molar-refractivity contribution in [1.82, 2.24) is 4.98 Å². The van der Waals surface area contributed by atoms with E-state index in [4.69, 9.17) is 0 Å². The fourth-order valence-corrected chi connectivity index (χ4v) is 2.62. The van der Waals surface area contributed by atoms with E-state index in [0.29, 0.717) is 16.8 Å². The van der Waals surface area contributed by atoms with Crippen LogP contribution in [0.4, 0.5) is 0 Å². The summed E-state index contributed by atoms with van der Waals surface area (Å²) in [5, 5.41) is 11.3. The zero-order chi connectivity index (χ0) is 16.1. The Balaban J connectivity index is 2.05. The molecule has 3 heteroatoms. The molecule has 0 aliphatic heterocycles.